The van der Waals surface area contributed by atoms with E-state index in [2.05, 4.69) is 57.0 Å². The van der Waals surface area contributed by atoms with Crippen molar-refractivity contribution < 1.29 is 19.4 Å². The van der Waals surface area contributed by atoms with Crippen molar-refractivity contribution >= 4 is 16.7 Å². The molecule has 3 fully saturated rings. The van der Waals surface area contributed by atoms with E-state index in [9.17, 15) is 9.90 Å². The molecule has 1 aromatic heterocycles. The summed E-state index contributed by atoms with van der Waals surface area (Å²) in [6.07, 6.45) is 8.28. The molecule has 5 aliphatic rings. The summed E-state index contributed by atoms with van der Waals surface area (Å²) in [7, 11) is 0. The fraction of sp³-hybridized carbons (Fsp3) is 0.594. The molecule has 5 heteroatoms. The van der Waals surface area contributed by atoms with E-state index >= 15 is 0 Å². The van der Waals surface area contributed by atoms with Gasteiger partial charge in [-0.3, -0.25) is 4.79 Å². The number of fused-ring (bicyclic) bond motifs is 9. The van der Waals surface area contributed by atoms with Gasteiger partial charge in [0.15, 0.2) is 17.7 Å². The van der Waals surface area contributed by atoms with Crippen molar-refractivity contribution in [3.8, 4) is 0 Å². The van der Waals surface area contributed by atoms with Crippen LogP contribution in [0, 0.1) is 11.3 Å². The summed E-state index contributed by atoms with van der Waals surface area (Å²) in [5, 5.41) is 14.1. The standard InChI is InChI=1S/C32H39NO4/c1-18(2)10-11-19-8-7-9-22-25(19)21-16-20-12-13-31(35)24-17-23(34)27-28(3,4)37-32(24,36-27)15-14-29(31,5)30(20,6)26(21)33-22/h7-10,17,20,27,33,35H,11-16H2,1-6H3/t20?,27-,29+,30+,31+,32-/m0/s1. The number of ketones is 1. The highest BCUT2D eigenvalue weighted by Crippen LogP contribution is 2.71. The van der Waals surface area contributed by atoms with Crippen molar-refractivity contribution in [1.29, 1.82) is 0 Å². The van der Waals surface area contributed by atoms with Gasteiger partial charge in [-0.1, -0.05) is 37.6 Å². The van der Waals surface area contributed by atoms with Gasteiger partial charge in [0.05, 0.1) is 5.60 Å². The molecule has 196 valence electrons. The van der Waals surface area contributed by atoms with Crippen LogP contribution in [0.5, 0.6) is 0 Å². The Morgan fingerprint density at radius 3 is 2.70 bits per heavy atom. The Kier molecular flexibility index (Phi) is 4.55. The number of hydrogen-bond acceptors (Lipinski definition) is 4. The molecule has 0 radical (unpaired) electrons. The highest BCUT2D eigenvalue weighted by Gasteiger charge is 2.75. The third-order valence-electron chi connectivity index (χ3n) is 11.2. The monoisotopic (exact) mass is 501 g/mol. The van der Waals surface area contributed by atoms with Crippen molar-refractivity contribution in [1.82, 2.24) is 4.98 Å². The van der Waals surface area contributed by atoms with Gasteiger partial charge in [-0.2, -0.15) is 0 Å². The Morgan fingerprint density at radius 2 is 1.95 bits per heavy atom. The van der Waals surface area contributed by atoms with Crippen LogP contribution in [0.1, 0.15) is 84.0 Å². The highest BCUT2D eigenvalue weighted by atomic mass is 16.8. The summed E-state index contributed by atoms with van der Waals surface area (Å²) in [6.45, 7) is 12.8. The predicted octanol–water partition coefficient (Wildman–Crippen LogP) is 5.83. The quantitative estimate of drug-likeness (QED) is 0.508. The van der Waals surface area contributed by atoms with E-state index in [0.29, 0.717) is 24.3 Å². The van der Waals surface area contributed by atoms with Gasteiger partial charge in [-0.05, 0) is 89.0 Å². The normalized spacial score (nSPS) is 41.1. The van der Waals surface area contributed by atoms with Crippen LogP contribution in [0.2, 0.25) is 0 Å². The number of aromatic nitrogens is 1. The second-order valence-electron chi connectivity index (χ2n) is 13.6. The minimum absolute atomic E-state index is 0.0836. The minimum atomic E-state index is -1.18. The first kappa shape index (κ1) is 23.9. The molecule has 2 bridgehead atoms. The molecule has 2 aliphatic heterocycles. The second-order valence-corrected chi connectivity index (χ2v) is 13.6. The maximum absolute atomic E-state index is 13.2. The average Bonchev–Trinajstić information content (AvgIpc) is 3.42. The number of aliphatic hydroxyl groups is 1. The van der Waals surface area contributed by atoms with Gasteiger partial charge in [-0.25, -0.2) is 0 Å². The number of carbonyl (C=O) groups is 1. The van der Waals surface area contributed by atoms with Crippen LogP contribution in [0.15, 0.2) is 41.5 Å². The number of benzene rings is 1. The molecule has 3 heterocycles. The zero-order valence-electron chi connectivity index (χ0n) is 23.0. The molecule has 1 spiro atoms. The highest BCUT2D eigenvalue weighted by molar-refractivity contribution is 5.97. The maximum atomic E-state index is 13.2. The first-order valence-corrected chi connectivity index (χ1v) is 14.0. The molecule has 5 nitrogen and oxygen atoms in total. The third-order valence-corrected chi connectivity index (χ3v) is 11.2. The molecular formula is C32H39NO4. The minimum Gasteiger partial charge on any atom is -0.385 e. The molecule has 6 atom stereocenters. The lowest BCUT2D eigenvalue weighted by Gasteiger charge is -2.65. The zero-order valence-corrected chi connectivity index (χ0v) is 23.0. The van der Waals surface area contributed by atoms with Crippen molar-refractivity contribution in [2.24, 2.45) is 11.3 Å². The van der Waals surface area contributed by atoms with E-state index in [1.54, 1.807) is 6.08 Å². The third kappa shape index (κ3) is 2.68. The van der Waals surface area contributed by atoms with E-state index in [-0.39, 0.29) is 11.2 Å². The summed E-state index contributed by atoms with van der Waals surface area (Å²) in [5.74, 6) is -0.651. The van der Waals surface area contributed by atoms with Crippen molar-refractivity contribution in [2.45, 2.75) is 109 Å². The van der Waals surface area contributed by atoms with Crippen LogP contribution >= 0.6 is 0 Å². The van der Waals surface area contributed by atoms with Gasteiger partial charge in [0.25, 0.3) is 0 Å². The molecule has 2 saturated carbocycles. The first-order valence-electron chi connectivity index (χ1n) is 14.0. The van der Waals surface area contributed by atoms with Crippen LogP contribution in [0.25, 0.3) is 10.9 Å². The summed E-state index contributed by atoms with van der Waals surface area (Å²) in [5.41, 5.74) is 4.62. The van der Waals surface area contributed by atoms with Gasteiger partial charge >= 0.3 is 0 Å². The molecule has 1 saturated heterocycles. The predicted molar refractivity (Wildman–Crippen MR) is 143 cm³/mol. The number of carbonyl (C=O) groups excluding carboxylic acids is 1. The molecule has 3 aliphatic carbocycles. The Bertz CT molecular complexity index is 1430. The van der Waals surface area contributed by atoms with Crippen LogP contribution in [0.3, 0.4) is 0 Å². The maximum Gasteiger partial charge on any atom is 0.195 e. The van der Waals surface area contributed by atoms with Crippen LogP contribution in [-0.4, -0.2) is 39.0 Å². The number of aromatic amines is 1. The molecule has 1 unspecified atom stereocenters. The molecular weight excluding hydrogens is 462 g/mol. The van der Waals surface area contributed by atoms with E-state index in [1.807, 2.05) is 13.8 Å². The molecule has 2 aromatic rings. The largest absolute Gasteiger partial charge is 0.385 e. The van der Waals surface area contributed by atoms with Gasteiger partial charge in [0, 0.05) is 39.4 Å². The molecule has 1 aromatic carbocycles. The van der Waals surface area contributed by atoms with Crippen LogP contribution in [-0.2, 0) is 32.5 Å². The topological polar surface area (TPSA) is 71.5 Å². The molecule has 2 N–H and O–H groups in total. The number of H-pyrrole nitrogens is 1. The van der Waals surface area contributed by atoms with E-state index < -0.39 is 28.5 Å². The number of nitrogens with one attached hydrogen (secondary N) is 1. The fourth-order valence-electron chi connectivity index (χ4n) is 9.06. The van der Waals surface area contributed by atoms with Crippen molar-refractivity contribution in [3.05, 3.63) is 58.3 Å². The molecule has 0 amide bonds. The summed E-state index contributed by atoms with van der Waals surface area (Å²) in [6, 6.07) is 6.60. The van der Waals surface area contributed by atoms with Gasteiger partial charge < -0.3 is 19.6 Å². The van der Waals surface area contributed by atoms with E-state index in [4.69, 9.17) is 9.47 Å². The van der Waals surface area contributed by atoms with Gasteiger partial charge in [-0.15, -0.1) is 0 Å². The van der Waals surface area contributed by atoms with E-state index in [0.717, 1.165) is 25.7 Å². The fourth-order valence-corrected chi connectivity index (χ4v) is 9.06. The van der Waals surface area contributed by atoms with Crippen molar-refractivity contribution in [2.75, 3.05) is 0 Å². The lowest BCUT2D eigenvalue weighted by atomic mass is 9.42. The number of rotatable bonds is 2. The zero-order chi connectivity index (χ0) is 26.2. The Labute approximate surface area is 219 Å². The molecule has 7 rings (SSSR count). The molecule has 37 heavy (non-hydrogen) atoms. The van der Waals surface area contributed by atoms with Gasteiger partial charge in [0.1, 0.15) is 5.60 Å². The number of hydrogen-bond donors (Lipinski definition) is 2. The van der Waals surface area contributed by atoms with Crippen LogP contribution in [0.4, 0.5) is 0 Å². The summed E-state index contributed by atoms with van der Waals surface area (Å²) >= 11 is 0. The first-order chi connectivity index (χ1) is 17.4. The SMILES string of the molecule is CC(C)=CCc1cccc2[nH]c3c(c12)CC1CC[C@@]2(O)C4=CC(=O)[C@@H]5O[C@@]4(CC[C@]2(C)[C@@]31C)OC5(C)C. The van der Waals surface area contributed by atoms with Crippen molar-refractivity contribution in [3.63, 3.8) is 0 Å². The van der Waals surface area contributed by atoms with E-state index in [1.165, 1.54) is 33.3 Å². The average molecular weight is 502 g/mol. The lowest BCUT2D eigenvalue weighted by molar-refractivity contribution is -0.247. The number of allylic oxidation sites excluding steroid dienone is 2. The summed E-state index contributed by atoms with van der Waals surface area (Å²) < 4.78 is 12.9. The second kappa shape index (κ2) is 7.05. The smallest absolute Gasteiger partial charge is 0.195 e. The Hall–Kier alpha value is -2.21. The van der Waals surface area contributed by atoms with Crippen LogP contribution < -0.4 is 0 Å². The Balaban J connectivity index is 1.39. The Morgan fingerprint density at radius 1 is 1.16 bits per heavy atom. The number of ether oxygens (including phenoxy) is 2. The lowest BCUT2D eigenvalue weighted by Crippen LogP contribution is -2.69. The summed E-state index contributed by atoms with van der Waals surface area (Å²) in [4.78, 5) is 17.1. The van der Waals surface area contributed by atoms with Gasteiger partial charge in [0.2, 0.25) is 0 Å².